The lowest BCUT2D eigenvalue weighted by Gasteiger charge is -2.30. The van der Waals surface area contributed by atoms with Crippen molar-refractivity contribution in [1.82, 2.24) is 14.9 Å². The van der Waals surface area contributed by atoms with E-state index < -0.39 is 0 Å². The van der Waals surface area contributed by atoms with Gasteiger partial charge in [-0.3, -0.25) is 4.98 Å². The number of aromatic amines is 1. The van der Waals surface area contributed by atoms with Gasteiger partial charge < -0.3 is 9.88 Å². The minimum atomic E-state index is 0.726. The van der Waals surface area contributed by atoms with Gasteiger partial charge in [0.25, 0.3) is 0 Å². The van der Waals surface area contributed by atoms with E-state index in [4.69, 9.17) is 16.6 Å². The van der Waals surface area contributed by atoms with Crippen molar-refractivity contribution in [3.05, 3.63) is 105 Å². The quantitative estimate of drug-likeness (QED) is 0.293. The lowest BCUT2D eigenvalue weighted by molar-refractivity contribution is 0.252. The Morgan fingerprint density at radius 1 is 0.973 bits per heavy atom. The van der Waals surface area contributed by atoms with Crippen LogP contribution < -0.4 is 0 Å². The van der Waals surface area contributed by atoms with Crippen molar-refractivity contribution in [2.45, 2.75) is 44.9 Å². The largest absolute Gasteiger partial charge is 0.361 e. The third-order valence-electron chi connectivity index (χ3n) is 8.01. The predicted molar refractivity (Wildman–Crippen MR) is 151 cm³/mol. The summed E-state index contributed by atoms with van der Waals surface area (Å²) in [6.07, 6.45) is 11.6. The monoisotopic (exact) mass is 506 g/mol. The van der Waals surface area contributed by atoms with E-state index in [2.05, 4.69) is 46.4 Å². The summed E-state index contributed by atoms with van der Waals surface area (Å²) >= 11 is 6.38. The number of nitriles is 1. The fourth-order valence-electron chi connectivity index (χ4n) is 6.04. The number of unbranched alkanes of at least 4 members (excludes halogenated alkanes) is 1. The first-order valence-electron chi connectivity index (χ1n) is 13.4. The summed E-state index contributed by atoms with van der Waals surface area (Å²) in [5, 5.41) is 11.2. The topological polar surface area (TPSA) is 55.7 Å². The number of piperidine rings is 1. The Hall–Kier alpha value is -3.39. The molecule has 4 nitrogen and oxygen atoms in total. The molecule has 0 spiro atoms. The summed E-state index contributed by atoms with van der Waals surface area (Å²) in [6, 6.07) is 18.8. The number of fused-ring (bicyclic) bond motifs is 3. The molecule has 6 rings (SSSR count). The van der Waals surface area contributed by atoms with Gasteiger partial charge in [-0.1, -0.05) is 29.3 Å². The van der Waals surface area contributed by atoms with E-state index in [1.165, 1.54) is 50.9 Å². The molecule has 4 aromatic rings. The molecular formula is C32H31ClN4. The van der Waals surface area contributed by atoms with Gasteiger partial charge >= 0.3 is 0 Å². The molecule has 0 unspecified atom stereocenters. The highest BCUT2D eigenvalue weighted by molar-refractivity contribution is 6.30. The average Bonchev–Trinajstić information content (AvgIpc) is 3.26. The van der Waals surface area contributed by atoms with Crippen molar-refractivity contribution in [1.29, 1.82) is 5.26 Å². The second-order valence-electron chi connectivity index (χ2n) is 10.3. The molecule has 0 atom stereocenters. The number of nitrogens with zero attached hydrogens (tertiary/aromatic N) is 3. The summed E-state index contributed by atoms with van der Waals surface area (Å²) in [6.45, 7) is 3.33. The number of pyridine rings is 1. The van der Waals surface area contributed by atoms with Gasteiger partial charge in [-0.05, 0) is 110 Å². The number of likely N-dealkylation sites (tertiary alicyclic amines) is 1. The zero-order valence-corrected chi connectivity index (χ0v) is 21.8. The zero-order valence-electron chi connectivity index (χ0n) is 21.1. The first kappa shape index (κ1) is 24.0. The van der Waals surface area contributed by atoms with E-state index in [0.29, 0.717) is 0 Å². The highest BCUT2D eigenvalue weighted by Gasteiger charge is 2.25. The Bertz CT molecular complexity index is 1510. The molecule has 3 heterocycles. The van der Waals surface area contributed by atoms with Crippen LogP contribution in [0, 0.1) is 11.3 Å². The van der Waals surface area contributed by atoms with Gasteiger partial charge in [0.15, 0.2) is 0 Å². The van der Waals surface area contributed by atoms with E-state index in [0.717, 1.165) is 74.3 Å². The molecule has 2 aromatic carbocycles. The summed E-state index contributed by atoms with van der Waals surface area (Å²) in [4.78, 5) is 10.8. The van der Waals surface area contributed by atoms with Gasteiger partial charge in [-0.25, -0.2) is 0 Å². The number of rotatable bonds is 5. The summed E-state index contributed by atoms with van der Waals surface area (Å²) in [5.41, 5.74) is 11.2. The molecule has 1 N–H and O–H groups in total. The van der Waals surface area contributed by atoms with Crippen LogP contribution in [-0.4, -0.2) is 34.5 Å². The highest BCUT2D eigenvalue weighted by atomic mass is 35.5. The van der Waals surface area contributed by atoms with Crippen molar-refractivity contribution in [2.24, 2.45) is 0 Å². The Labute approximate surface area is 223 Å². The van der Waals surface area contributed by atoms with Crippen LogP contribution in [-0.2, 0) is 19.3 Å². The smallest absolute Gasteiger partial charge is 0.0991 e. The Balaban J connectivity index is 1.12. The van der Waals surface area contributed by atoms with Crippen molar-refractivity contribution in [3.63, 3.8) is 0 Å². The molecule has 2 aromatic heterocycles. The van der Waals surface area contributed by atoms with Crippen LogP contribution in [0.15, 0.2) is 66.5 Å². The van der Waals surface area contributed by atoms with Gasteiger partial charge in [0.2, 0.25) is 0 Å². The molecule has 186 valence electrons. The number of H-pyrrole nitrogens is 1. The van der Waals surface area contributed by atoms with Gasteiger partial charge in [0.1, 0.15) is 0 Å². The second kappa shape index (κ2) is 10.5. The van der Waals surface area contributed by atoms with E-state index in [1.54, 1.807) is 0 Å². The maximum Gasteiger partial charge on any atom is 0.0991 e. The first-order chi connectivity index (χ1) is 18.2. The van der Waals surface area contributed by atoms with Gasteiger partial charge in [0, 0.05) is 47.0 Å². The lowest BCUT2D eigenvalue weighted by Crippen LogP contribution is -2.32. The third kappa shape index (κ3) is 4.94. The van der Waals surface area contributed by atoms with Gasteiger partial charge in [-0.2, -0.15) is 5.26 Å². The SMILES string of the molecule is N#Cc1ccc2[nH]cc(CCCCN3CCC(=C4c5ccc(Cl)cc5CCc5cccnc54)CC3)c2c1. The fourth-order valence-corrected chi connectivity index (χ4v) is 6.23. The number of nitrogens with one attached hydrogen (secondary N) is 1. The van der Waals surface area contributed by atoms with Crippen molar-refractivity contribution >= 4 is 28.1 Å². The molecule has 1 aliphatic carbocycles. The van der Waals surface area contributed by atoms with Crippen LogP contribution in [0.25, 0.3) is 16.5 Å². The number of benzene rings is 2. The normalized spacial score (nSPS) is 15.8. The Morgan fingerprint density at radius 3 is 2.70 bits per heavy atom. The standard InChI is InChI=1S/C32H31ClN4/c33-27-9-10-28-25(19-27)8-7-24-5-3-14-35-32(24)31(28)23-12-16-37(17-13-23)15-2-1-4-26-21-36-30-11-6-22(20-34)18-29(26)30/h3,5-6,9-11,14,18-19,21,36H,1-2,4,7-8,12-13,15-17H2. The van der Waals surface area contributed by atoms with Crippen LogP contribution in [0.1, 0.15) is 59.2 Å². The molecule has 2 aliphatic rings. The highest BCUT2D eigenvalue weighted by Crippen LogP contribution is 2.38. The van der Waals surface area contributed by atoms with Gasteiger partial charge in [0.05, 0.1) is 17.3 Å². The summed E-state index contributed by atoms with van der Waals surface area (Å²) < 4.78 is 0. The second-order valence-corrected chi connectivity index (χ2v) is 10.7. The van der Waals surface area contributed by atoms with E-state index >= 15 is 0 Å². The molecule has 1 aliphatic heterocycles. The first-order valence-corrected chi connectivity index (χ1v) is 13.7. The molecule has 5 heteroatoms. The number of hydrogen-bond donors (Lipinski definition) is 1. The number of halogens is 1. The molecule has 1 saturated heterocycles. The molecule has 0 radical (unpaired) electrons. The van der Waals surface area contributed by atoms with Crippen LogP contribution in [0.3, 0.4) is 0 Å². The Morgan fingerprint density at radius 2 is 1.84 bits per heavy atom. The number of aromatic nitrogens is 2. The minimum absolute atomic E-state index is 0.726. The van der Waals surface area contributed by atoms with Crippen LogP contribution in [0.5, 0.6) is 0 Å². The lowest BCUT2D eigenvalue weighted by atomic mass is 9.88. The molecule has 0 amide bonds. The number of hydrogen-bond acceptors (Lipinski definition) is 3. The van der Waals surface area contributed by atoms with Gasteiger partial charge in [-0.15, -0.1) is 0 Å². The van der Waals surface area contributed by atoms with Crippen molar-refractivity contribution < 1.29 is 0 Å². The van der Waals surface area contributed by atoms with Crippen LogP contribution >= 0.6 is 11.6 Å². The van der Waals surface area contributed by atoms with Crippen molar-refractivity contribution in [2.75, 3.05) is 19.6 Å². The molecule has 0 saturated carbocycles. The maximum atomic E-state index is 9.23. The molecular weight excluding hydrogens is 476 g/mol. The average molecular weight is 507 g/mol. The number of aryl methyl sites for hydroxylation is 3. The summed E-state index contributed by atoms with van der Waals surface area (Å²) in [7, 11) is 0. The third-order valence-corrected chi connectivity index (χ3v) is 8.24. The van der Waals surface area contributed by atoms with Crippen molar-refractivity contribution in [3.8, 4) is 6.07 Å². The Kier molecular flexibility index (Phi) is 6.83. The minimum Gasteiger partial charge on any atom is -0.361 e. The predicted octanol–water partition coefficient (Wildman–Crippen LogP) is 7.11. The summed E-state index contributed by atoms with van der Waals surface area (Å²) in [5.74, 6) is 0. The molecule has 37 heavy (non-hydrogen) atoms. The maximum absolute atomic E-state index is 9.23. The van der Waals surface area contributed by atoms with E-state index in [1.807, 2.05) is 30.5 Å². The van der Waals surface area contributed by atoms with E-state index in [-0.39, 0.29) is 0 Å². The van der Waals surface area contributed by atoms with Crippen LogP contribution in [0.4, 0.5) is 0 Å². The molecule has 1 fully saturated rings. The fraction of sp³-hybridized carbons (Fsp3) is 0.312. The van der Waals surface area contributed by atoms with E-state index in [9.17, 15) is 5.26 Å². The zero-order chi connectivity index (χ0) is 25.2. The molecule has 0 bridgehead atoms. The van der Waals surface area contributed by atoms with Crippen LogP contribution in [0.2, 0.25) is 5.02 Å².